The van der Waals surface area contributed by atoms with Crippen LogP contribution in [0.15, 0.2) is 24.3 Å². The number of piperidine rings is 1. The van der Waals surface area contributed by atoms with Crippen molar-refractivity contribution in [2.24, 2.45) is 5.92 Å². The van der Waals surface area contributed by atoms with E-state index in [0.29, 0.717) is 18.0 Å². The van der Waals surface area contributed by atoms with Crippen LogP contribution in [0.2, 0.25) is 0 Å². The second-order valence-electron chi connectivity index (χ2n) is 6.47. The number of hydrogen-bond acceptors (Lipinski definition) is 4. The number of likely N-dealkylation sites (tertiary alicyclic amines) is 1. The van der Waals surface area contributed by atoms with E-state index in [0.717, 1.165) is 50.7 Å². The van der Waals surface area contributed by atoms with Crippen LogP contribution in [0.25, 0.3) is 0 Å². The number of hydrogen-bond donors (Lipinski definition) is 2. The van der Waals surface area contributed by atoms with Crippen molar-refractivity contribution in [3.05, 3.63) is 29.8 Å². The molecular formula is C17H28ClN3O3S. The summed E-state index contributed by atoms with van der Waals surface area (Å²) in [6.07, 6.45) is 4.70. The zero-order valence-corrected chi connectivity index (χ0v) is 16.5. The van der Waals surface area contributed by atoms with E-state index in [2.05, 4.69) is 10.0 Å². The van der Waals surface area contributed by atoms with Crippen LogP contribution in [0.1, 0.15) is 24.8 Å². The molecule has 25 heavy (non-hydrogen) atoms. The molecule has 0 bridgehead atoms. The quantitative estimate of drug-likeness (QED) is 0.746. The van der Waals surface area contributed by atoms with Crippen molar-refractivity contribution >= 4 is 34.0 Å². The molecule has 0 radical (unpaired) electrons. The number of carbonyl (C=O) groups excluding carboxylic acids is 1. The molecule has 6 nitrogen and oxygen atoms in total. The summed E-state index contributed by atoms with van der Waals surface area (Å²) >= 11 is 0. The molecule has 0 unspecified atom stereocenters. The van der Waals surface area contributed by atoms with Crippen molar-refractivity contribution in [3.8, 4) is 0 Å². The third kappa shape index (κ3) is 7.63. The number of nitrogens with one attached hydrogen (secondary N) is 2. The minimum Gasteiger partial charge on any atom is -0.342 e. The highest BCUT2D eigenvalue weighted by molar-refractivity contribution is 7.92. The number of anilines is 1. The Kier molecular flexibility index (Phi) is 8.68. The Morgan fingerprint density at radius 2 is 1.96 bits per heavy atom. The molecule has 1 fully saturated rings. The van der Waals surface area contributed by atoms with Gasteiger partial charge in [0.1, 0.15) is 0 Å². The Labute approximate surface area is 156 Å². The maximum absolute atomic E-state index is 12.5. The molecule has 142 valence electrons. The van der Waals surface area contributed by atoms with Crippen LogP contribution >= 0.6 is 12.4 Å². The lowest BCUT2D eigenvalue weighted by Gasteiger charge is -2.32. The Balaban J connectivity index is 0.00000312. The van der Waals surface area contributed by atoms with Crippen LogP contribution in [-0.2, 0) is 21.2 Å². The minimum absolute atomic E-state index is 0. The van der Waals surface area contributed by atoms with Crippen molar-refractivity contribution in [1.82, 2.24) is 10.2 Å². The zero-order valence-electron chi connectivity index (χ0n) is 14.8. The molecule has 0 aromatic heterocycles. The Bertz CT molecular complexity index is 659. The maximum atomic E-state index is 12.5. The maximum Gasteiger partial charge on any atom is 0.229 e. The van der Waals surface area contributed by atoms with Crippen LogP contribution in [-0.4, -0.2) is 52.2 Å². The SMILES string of the molecule is CNCCC1CCN(C(=O)Cc2cccc(NS(C)(=O)=O)c2)CC1.Cl. The van der Waals surface area contributed by atoms with E-state index in [-0.39, 0.29) is 18.3 Å². The van der Waals surface area contributed by atoms with Gasteiger partial charge in [-0.05, 0) is 56.5 Å². The fraction of sp³-hybridized carbons (Fsp3) is 0.588. The van der Waals surface area contributed by atoms with Gasteiger partial charge in [0.25, 0.3) is 0 Å². The second kappa shape index (κ2) is 9.99. The third-order valence-corrected chi connectivity index (χ3v) is 4.96. The number of carbonyl (C=O) groups is 1. The van der Waals surface area contributed by atoms with Crippen molar-refractivity contribution in [2.45, 2.75) is 25.7 Å². The largest absolute Gasteiger partial charge is 0.342 e. The van der Waals surface area contributed by atoms with Crippen LogP contribution in [0.3, 0.4) is 0 Å². The third-order valence-electron chi connectivity index (χ3n) is 4.36. The number of amides is 1. The molecule has 0 saturated carbocycles. The first-order valence-electron chi connectivity index (χ1n) is 8.36. The average Bonchev–Trinajstić information content (AvgIpc) is 2.52. The summed E-state index contributed by atoms with van der Waals surface area (Å²) in [4.78, 5) is 14.4. The molecule has 1 aromatic rings. The van der Waals surface area contributed by atoms with Gasteiger partial charge in [-0.1, -0.05) is 12.1 Å². The summed E-state index contributed by atoms with van der Waals surface area (Å²) < 4.78 is 25.0. The number of halogens is 1. The molecule has 1 heterocycles. The van der Waals surface area contributed by atoms with Crippen LogP contribution in [0, 0.1) is 5.92 Å². The van der Waals surface area contributed by atoms with Gasteiger partial charge in [-0.2, -0.15) is 0 Å². The predicted molar refractivity (Wildman–Crippen MR) is 104 cm³/mol. The molecule has 2 N–H and O–H groups in total. The first-order chi connectivity index (χ1) is 11.4. The van der Waals surface area contributed by atoms with Gasteiger partial charge in [0.05, 0.1) is 12.7 Å². The van der Waals surface area contributed by atoms with E-state index in [1.54, 1.807) is 18.2 Å². The Morgan fingerprint density at radius 3 is 2.56 bits per heavy atom. The summed E-state index contributed by atoms with van der Waals surface area (Å²) in [5, 5.41) is 3.17. The molecule has 1 amide bonds. The minimum atomic E-state index is -3.31. The topological polar surface area (TPSA) is 78.5 Å². The standard InChI is InChI=1S/C17H27N3O3S.ClH/c1-18-9-6-14-7-10-20(11-8-14)17(21)13-15-4-3-5-16(12-15)19-24(2,22)23;/h3-5,12,14,18-19H,6-11,13H2,1-2H3;1H. The highest BCUT2D eigenvalue weighted by Crippen LogP contribution is 2.21. The summed E-state index contributed by atoms with van der Waals surface area (Å²) in [7, 11) is -1.34. The van der Waals surface area contributed by atoms with E-state index in [4.69, 9.17) is 0 Å². The summed E-state index contributed by atoms with van der Waals surface area (Å²) in [5.41, 5.74) is 1.32. The average molecular weight is 390 g/mol. The van der Waals surface area contributed by atoms with Crippen LogP contribution < -0.4 is 10.0 Å². The summed E-state index contributed by atoms with van der Waals surface area (Å²) in [5.74, 6) is 0.808. The van der Waals surface area contributed by atoms with Gasteiger partial charge >= 0.3 is 0 Å². The van der Waals surface area contributed by atoms with Crippen LogP contribution in [0.5, 0.6) is 0 Å². The molecule has 1 saturated heterocycles. The molecule has 0 atom stereocenters. The van der Waals surface area contributed by atoms with Gasteiger partial charge < -0.3 is 10.2 Å². The zero-order chi connectivity index (χ0) is 17.6. The molecule has 0 spiro atoms. The fourth-order valence-corrected chi connectivity index (χ4v) is 3.62. The smallest absolute Gasteiger partial charge is 0.229 e. The lowest BCUT2D eigenvalue weighted by molar-refractivity contribution is -0.131. The second-order valence-corrected chi connectivity index (χ2v) is 8.22. The van der Waals surface area contributed by atoms with E-state index >= 15 is 0 Å². The highest BCUT2D eigenvalue weighted by Gasteiger charge is 2.22. The number of nitrogens with zero attached hydrogens (tertiary/aromatic N) is 1. The Hall–Kier alpha value is -1.31. The summed E-state index contributed by atoms with van der Waals surface area (Å²) in [6, 6.07) is 7.02. The first-order valence-corrected chi connectivity index (χ1v) is 10.3. The van der Waals surface area contributed by atoms with Crippen molar-refractivity contribution in [2.75, 3.05) is 37.7 Å². The number of rotatable bonds is 7. The molecule has 1 aliphatic heterocycles. The molecule has 8 heteroatoms. The van der Waals surface area contributed by atoms with Crippen molar-refractivity contribution in [1.29, 1.82) is 0 Å². The predicted octanol–water partition coefficient (Wildman–Crippen LogP) is 1.87. The van der Waals surface area contributed by atoms with Gasteiger partial charge in [-0.3, -0.25) is 9.52 Å². The lowest BCUT2D eigenvalue weighted by Crippen LogP contribution is -2.39. The lowest BCUT2D eigenvalue weighted by atomic mass is 9.93. The highest BCUT2D eigenvalue weighted by atomic mass is 35.5. The molecule has 2 rings (SSSR count). The van der Waals surface area contributed by atoms with Crippen molar-refractivity contribution < 1.29 is 13.2 Å². The van der Waals surface area contributed by atoms with Gasteiger partial charge in [0.15, 0.2) is 0 Å². The molecule has 1 aliphatic rings. The number of sulfonamides is 1. The van der Waals surface area contributed by atoms with Gasteiger partial charge in [-0.25, -0.2) is 8.42 Å². The summed E-state index contributed by atoms with van der Waals surface area (Å²) in [6.45, 7) is 2.65. The number of benzene rings is 1. The van der Waals surface area contributed by atoms with E-state index in [9.17, 15) is 13.2 Å². The van der Waals surface area contributed by atoms with Crippen LogP contribution in [0.4, 0.5) is 5.69 Å². The first kappa shape index (κ1) is 21.7. The molecule has 0 aliphatic carbocycles. The molecular weight excluding hydrogens is 362 g/mol. The van der Waals surface area contributed by atoms with Gasteiger partial charge in [0, 0.05) is 18.8 Å². The fourth-order valence-electron chi connectivity index (χ4n) is 3.06. The molecule has 1 aromatic carbocycles. The normalized spacial score (nSPS) is 15.5. The van der Waals surface area contributed by atoms with E-state index < -0.39 is 10.0 Å². The monoisotopic (exact) mass is 389 g/mol. The van der Waals surface area contributed by atoms with Gasteiger partial charge in [-0.15, -0.1) is 12.4 Å². The van der Waals surface area contributed by atoms with E-state index in [1.807, 2.05) is 18.0 Å². The van der Waals surface area contributed by atoms with E-state index in [1.165, 1.54) is 0 Å². The Morgan fingerprint density at radius 1 is 1.28 bits per heavy atom. The van der Waals surface area contributed by atoms with Gasteiger partial charge in [0.2, 0.25) is 15.9 Å². The van der Waals surface area contributed by atoms with Crippen molar-refractivity contribution in [3.63, 3.8) is 0 Å².